The summed E-state index contributed by atoms with van der Waals surface area (Å²) in [6.45, 7) is 2.11. The molecule has 25 heavy (non-hydrogen) atoms. The van der Waals surface area contributed by atoms with Gasteiger partial charge in [-0.3, -0.25) is 5.10 Å². The highest BCUT2D eigenvalue weighted by Crippen LogP contribution is 2.44. The zero-order chi connectivity index (χ0) is 17.4. The summed E-state index contributed by atoms with van der Waals surface area (Å²) in [5.41, 5.74) is 9.43. The molecule has 0 spiro atoms. The van der Waals surface area contributed by atoms with Crippen molar-refractivity contribution in [1.29, 1.82) is 5.26 Å². The van der Waals surface area contributed by atoms with Crippen molar-refractivity contribution in [3.63, 3.8) is 0 Å². The van der Waals surface area contributed by atoms with Crippen molar-refractivity contribution < 1.29 is 4.74 Å². The van der Waals surface area contributed by atoms with Crippen molar-refractivity contribution in [1.82, 2.24) is 10.2 Å². The molecule has 3 aromatic rings. The van der Waals surface area contributed by atoms with E-state index in [-0.39, 0.29) is 11.8 Å². The molecule has 5 heteroatoms. The molecule has 0 radical (unpaired) electrons. The number of H-pyrrole nitrogens is 1. The van der Waals surface area contributed by atoms with E-state index in [0.717, 1.165) is 40.4 Å². The average molecular weight is 330 g/mol. The van der Waals surface area contributed by atoms with Gasteiger partial charge in [-0.2, -0.15) is 5.26 Å². The van der Waals surface area contributed by atoms with Gasteiger partial charge >= 0.3 is 0 Å². The van der Waals surface area contributed by atoms with Gasteiger partial charge in [0.25, 0.3) is 0 Å². The van der Waals surface area contributed by atoms with Crippen molar-refractivity contribution in [2.45, 2.75) is 25.7 Å². The van der Waals surface area contributed by atoms with Gasteiger partial charge < -0.3 is 10.5 Å². The van der Waals surface area contributed by atoms with Crippen molar-refractivity contribution in [3.05, 3.63) is 70.7 Å². The molecular weight excluding hydrogens is 312 g/mol. The van der Waals surface area contributed by atoms with Gasteiger partial charge in [-0.05, 0) is 22.8 Å². The smallest absolute Gasteiger partial charge is 0.244 e. The normalized spacial score (nSPS) is 16.4. The number of aryl methyl sites for hydroxylation is 1. The molecule has 0 amide bonds. The molecule has 0 saturated carbocycles. The summed E-state index contributed by atoms with van der Waals surface area (Å²) < 4.78 is 5.62. The monoisotopic (exact) mass is 330 g/mol. The van der Waals surface area contributed by atoms with E-state index in [1.54, 1.807) is 0 Å². The molecule has 5 nitrogen and oxygen atoms in total. The maximum atomic E-state index is 9.75. The van der Waals surface area contributed by atoms with Gasteiger partial charge in [0.05, 0.1) is 5.92 Å². The number of benzene rings is 2. The summed E-state index contributed by atoms with van der Waals surface area (Å²) in [6, 6.07) is 16.5. The molecule has 1 aromatic heterocycles. The highest BCUT2D eigenvalue weighted by molar-refractivity contribution is 5.87. The number of aromatic nitrogens is 2. The summed E-state index contributed by atoms with van der Waals surface area (Å²) >= 11 is 0. The lowest BCUT2D eigenvalue weighted by atomic mass is 9.81. The van der Waals surface area contributed by atoms with Gasteiger partial charge in [-0.15, -0.1) is 5.10 Å². The minimum atomic E-state index is -0.278. The Morgan fingerprint density at radius 2 is 2.04 bits per heavy atom. The van der Waals surface area contributed by atoms with Crippen molar-refractivity contribution >= 4 is 10.8 Å². The topological polar surface area (TPSA) is 87.7 Å². The largest absolute Gasteiger partial charge is 0.420 e. The minimum absolute atomic E-state index is 0.127. The molecule has 4 rings (SSSR count). The Kier molecular flexibility index (Phi) is 3.66. The summed E-state index contributed by atoms with van der Waals surface area (Å²) in [6.07, 6.45) is 1.81. The van der Waals surface area contributed by atoms with Crippen molar-refractivity contribution in [3.8, 4) is 11.9 Å². The van der Waals surface area contributed by atoms with Gasteiger partial charge in [-0.1, -0.05) is 55.8 Å². The number of fused-ring (bicyclic) bond motifs is 2. The van der Waals surface area contributed by atoms with E-state index in [0.29, 0.717) is 11.5 Å². The second-order valence-corrected chi connectivity index (χ2v) is 6.16. The Balaban J connectivity index is 2.02. The molecule has 2 heterocycles. The predicted octanol–water partition coefficient (Wildman–Crippen LogP) is 3.73. The molecule has 0 saturated heterocycles. The zero-order valence-electron chi connectivity index (χ0n) is 13.9. The molecule has 0 bridgehead atoms. The van der Waals surface area contributed by atoms with Crippen molar-refractivity contribution in [2.24, 2.45) is 5.73 Å². The predicted molar refractivity (Wildman–Crippen MR) is 95.8 cm³/mol. The molecule has 3 N–H and O–H groups in total. The van der Waals surface area contributed by atoms with E-state index in [1.807, 2.05) is 18.2 Å². The molecule has 2 aromatic carbocycles. The van der Waals surface area contributed by atoms with Crippen LogP contribution in [0.3, 0.4) is 0 Å². The number of nitrogens with one attached hydrogen (secondary N) is 1. The third kappa shape index (κ3) is 2.34. The zero-order valence-corrected chi connectivity index (χ0v) is 13.9. The number of nitrogens with two attached hydrogens (primary N) is 1. The number of nitriles is 1. The number of rotatable bonds is 3. The standard InChI is InChI=1S/C20H18N4O/c1-2-6-16-18-17(15(11-21)19(22)25-20(18)24-23-16)14-10-5-8-12-7-3-4-9-13(12)14/h3-5,7-10,17H,2,6,22H2,1H3,(H,23,24). The third-order valence-electron chi connectivity index (χ3n) is 4.65. The Bertz CT molecular complexity index is 1020. The van der Waals surface area contributed by atoms with Crippen LogP contribution in [0, 0.1) is 11.3 Å². The molecule has 0 aliphatic carbocycles. The van der Waals surface area contributed by atoms with Crippen molar-refractivity contribution in [2.75, 3.05) is 0 Å². The Morgan fingerprint density at radius 3 is 2.84 bits per heavy atom. The summed E-state index contributed by atoms with van der Waals surface area (Å²) in [5.74, 6) is 0.320. The Labute approximate surface area is 145 Å². The number of aromatic amines is 1. The van der Waals surface area contributed by atoms with E-state index in [2.05, 4.69) is 47.5 Å². The van der Waals surface area contributed by atoms with Gasteiger partial charge in [0, 0.05) is 11.3 Å². The number of ether oxygens (including phenoxy) is 1. The van der Waals surface area contributed by atoms with Crippen LogP contribution in [0.5, 0.6) is 5.88 Å². The van der Waals surface area contributed by atoms with Crippen LogP contribution in [-0.2, 0) is 6.42 Å². The second kappa shape index (κ2) is 5.99. The molecular formula is C20H18N4O. The maximum absolute atomic E-state index is 9.75. The fourth-order valence-corrected chi connectivity index (χ4v) is 3.56. The lowest BCUT2D eigenvalue weighted by molar-refractivity contribution is 0.379. The van der Waals surface area contributed by atoms with Gasteiger partial charge in [0.15, 0.2) is 0 Å². The first-order chi connectivity index (χ1) is 12.2. The first-order valence-corrected chi connectivity index (χ1v) is 8.37. The third-order valence-corrected chi connectivity index (χ3v) is 4.65. The summed E-state index contributed by atoms with van der Waals surface area (Å²) in [7, 11) is 0. The van der Waals surface area contributed by atoms with Crippen LogP contribution < -0.4 is 10.5 Å². The summed E-state index contributed by atoms with van der Waals surface area (Å²) in [4.78, 5) is 0. The Morgan fingerprint density at radius 1 is 1.24 bits per heavy atom. The molecule has 0 fully saturated rings. The van der Waals surface area contributed by atoms with E-state index in [4.69, 9.17) is 10.5 Å². The molecule has 1 aliphatic heterocycles. The average Bonchev–Trinajstić information content (AvgIpc) is 3.03. The van der Waals surface area contributed by atoms with E-state index < -0.39 is 0 Å². The molecule has 124 valence electrons. The quantitative estimate of drug-likeness (QED) is 0.766. The van der Waals surface area contributed by atoms with Crippen LogP contribution in [0.1, 0.15) is 36.1 Å². The highest BCUT2D eigenvalue weighted by Gasteiger charge is 2.35. The van der Waals surface area contributed by atoms with Gasteiger partial charge in [0.2, 0.25) is 11.8 Å². The Hall–Kier alpha value is -3.26. The second-order valence-electron chi connectivity index (χ2n) is 6.16. The van der Waals surface area contributed by atoms with E-state index >= 15 is 0 Å². The number of hydrogen-bond acceptors (Lipinski definition) is 4. The fourth-order valence-electron chi connectivity index (χ4n) is 3.56. The fraction of sp³-hybridized carbons (Fsp3) is 0.200. The van der Waals surface area contributed by atoms with E-state index in [1.165, 1.54) is 0 Å². The van der Waals surface area contributed by atoms with E-state index in [9.17, 15) is 5.26 Å². The van der Waals surface area contributed by atoms with Crippen LogP contribution >= 0.6 is 0 Å². The first-order valence-electron chi connectivity index (χ1n) is 8.37. The number of allylic oxidation sites excluding steroid dienone is 1. The lowest BCUT2D eigenvalue weighted by Gasteiger charge is -2.25. The first kappa shape index (κ1) is 15.3. The molecule has 1 atom stereocenters. The SMILES string of the molecule is CCCc1[nH]nc2c1C(c1cccc3ccccc13)C(C#N)=C(N)O2. The number of hydrogen-bond donors (Lipinski definition) is 2. The minimum Gasteiger partial charge on any atom is -0.420 e. The maximum Gasteiger partial charge on any atom is 0.244 e. The lowest BCUT2D eigenvalue weighted by Crippen LogP contribution is -2.21. The van der Waals surface area contributed by atoms with Crippen LogP contribution in [0.4, 0.5) is 0 Å². The highest BCUT2D eigenvalue weighted by atomic mass is 16.5. The molecule has 1 aliphatic rings. The summed E-state index contributed by atoms with van der Waals surface area (Å²) in [5, 5.41) is 19.3. The number of nitrogens with zero attached hydrogens (tertiary/aromatic N) is 2. The molecule has 1 unspecified atom stereocenters. The van der Waals surface area contributed by atoms with Crippen LogP contribution in [0.25, 0.3) is 10.8 Å². The van der Waals surface area contributed by atoms with Gasteiger partial charge in [0.1, 0.15) is 11.6 Å². The van der Waals surface area contributed by atoms with Crippen LogP contribution in [0.15, 0.2) is 53.9 Å². The van der Waals surface area contributed by atoms with Crippen LogP contribution in [0.2, 0.25) is 0 Å². The van der Waals surface area contributed by atoms with Gasteiger partial charge in [-0.25, -0.2) is 0 Å². The van der Waals surface area contributed by atoms with Crippen LogP contribution in [-0.4, -0.2) is 10.2 Å².